The van der Waals surface area contributed by atoms with Crippen LogP contribution in [0.25, 0.3) is 0 Å². The zero-order chi connectivity index (χ0) is 16.5. The molecular formula is C14H16F3NO3S. The Labute approximate surface area is 129 Å². The molecule has 0 aromatic carbocycles. The van der Waals surface area contributed by atoms with Crippen LogP contribution in [0.2, 0.25) is 0 Å². The van der Waals surface area contributed by atoms with Gasteiger partial charge in [-0.3, -0.25) is 4.79 Å². The third kappa shape index (κ3) is 3.43. The molecule has 0 bridgehead atoms. The van der Waals surface area contributed by atoms with Crippen LogP contribution in [-0.4, -0.2) is 24.7 Å². The molecule has 0 fully saturated rings. The van der Waals surface area contributed by atoms with E-state index in [0.29, 0.717) is 24.3 Å². The summed E-state index contributed by atoms with van der Waals surface area (Å²) < 4.78 is 42.2. The lowest BCUT2D eigenvalue weighted by Gasteiger charge is -2.18. The molecule has 1 N–H and O–H groups in total. The van der Waals surface area contributed by atoms with Crippen LogP contribution in [0.15, 0.2) is 0 Å². The van der Waals surface area contributed by atoms with E-state index in [1.807, 2.05) is 12.2 Å². The van der Waals surface area contributed by atoms with Crippen molar-refractivity contribution in [3.05, 3.63) is 16.0 Å². The number of alkyl halides is 3. The number of thiophene rings is 1. The Bertz CT molecular complexity index is 595. The summed E-state index contributed by atoms with van der Waals surface area (Å²) >= 11 is 1.03. The lowest BCUT2D eigenvalue weighted by molar-refractivity contribution is -0.167. The van der Waals surface area contributed by atoms with E-state index in [4.69, 9.17) is 4.74 Å². The van der Waals surface area contributed by atoms with Gasteiger partial charge >= 0.3 is 18.1 Å². The van der Waals surface area contributed by atoms with Crippen molar-refractivity contribution in [2.45, 2.75) is 39.3 Å². The van der Waals surface area contributed by atoms with Gasteiger partial charge in [0.05, 0.1) is 12.2 Å². The molecule has 1 unspecified atom stereocenters. The van der Waals surface area contributed by atoms with Crippen molar-refractivity contribution in [2.75, 3.05) is 11.9 Å². The van der Waals surface area contributed by atoms with Crippen molar-refractivity contribution in [1.29, 1.82) is 0 Å². The Morgan fingerprint density at radius 3 is 2.68 bits per heavy atom. The third-order valence-electron chi connectivity index (χ3n) is 3.48. The van der Waals surface area contributed by atoms with Gasteiger partial charge < -0.3 is 10.1 Å². The number of rotatable bonds is 3. The molecule has 0 spiro atoms. The Balaban J connectivity index is 2.39. The Morgan fingerprint density at radius 2 is 2.09 bits per heavy atom. The molecule has 0 aliphatic heterocycles. The highest BCUT2D eigenvalue weighted by atomic mass is 32.1. The Morgan fingerprint density at radius 1 is 1.41 bits per heavy atom. The maximum absolute atomic E-state index is 12.4. The summed E-state index contributed by atoms with van der Waals surface area (Å²) in [4.78, 5) is 24.1. The van der Waals surface area contributed by atoms with E-state index in [-0.39, 0.29) is 17.2 Å². The number of carbonyl (C=O) groups is 2. The molecule has 1 aromatic heterocycles. The van der Waals surface area contributed by atoms with Crippen LogP contribution in [0.3, 0.4) is 0 Å². The number of amides is 1. The second-order valence-corrected chi connectivity index (χ2v) is 6.33. The van der Waals surface area contributed by atoms with Gasteiger partial charge in [-0.05, 0) is 37.7 Å². The highest BCUT2D eigenvalue weighted by Gasteiger charge is 2.40. The first-order valence-corrected chi connectivity index (χ1v) is 7.75. The second-order valence-electron chi connectivity index (χ2n) is 5.23. The Kier molecular flexibility index (Phi) is 4.79. The van der Waals surface area contributed by atoms with E-state index in [2.05, 4.69) is 0 Å². The van der Waals surface area contributed by atoms with Crippen LogP contribution in [-0.2, 0) is 22.4 Å². The maximum atomic E-state index is 12.4. The van der Waals surface area contributed by atoms with E-state index in [9.17, 15) is 22.8 Å². The summed E-state index contributed by atoms with van der Waals surface area (Å²) in [6.45, 7) is 3.78. The Hall–Kier alpha value is -1.57. The first-order chi connectivity index (χ1) is 10.2. The number of nitrogens with one attached hydrogen (secondary N) is 1. The van der Waals surface area contributed by atoms with E-state index >= 15 is 0 Å². The monoisotopic (exact) mass is 335 g/mol. The number of carbonyl (C=O) groups excluding carboxylic acids is 2. The molecule has 8 heteroatoms. The molecule has 1 aromatic rings. The number of hydrogen-bond donors (Lipinski definition) is 1. The van der Waals surface area contributed by atoms with Gasteiger partial charge in [-0.15, -0.1) is 11.3 Å². The second kappa shape index (κ2) is 6.28. The van der Waals surface area contributed by atoms with Crippen LogP contribution in [0, 0.1) is 5.92 Å². The molecule has 122 valence electrons. The average Bonchev–Trinajstić information content (AvgIpc) is 2.74. The summed E-state index contributed by atoms with van der Waals surface area (Å²) in [5.74, 6) is -2.37. The van der Waals surface area contributed by atoms with Crippen molar-refractivity contribution in [3.63, 3.8) is 0 Å². The van der Waals surface area contributed by atoms with Gasteiger partial charge in [0.2, 0.25) is 0 Å². The fraction of sp³-hybridized carbons (Fsp3) is 0.571. The minimum absolute atomic E-state index is 0.0696. The number of anilines is 1. The molecule has 1 aliphatic carbocycles. The van der Waals surface area contributed by atoms with Crippen molar-refractivity contribution in [3.8, 4) is 0 Å². The highest BCUT2D eigenvalue weighted by Crippen LogP contribution is 2.40. The van der Waals surface area contributed by atoms with Gasteiger partial charge in [0.15, 0.2) is 0 Å². The van der Waals surface area contributed by atoms with Crippen molar-refractivity contribution >= 4 is 28.2 Å². The van der Waals surface area contributed by atoms with E-state index < -0.39 is 18.1 Å². The summed E-state index contributed by atoms with van der Waals surface area (Å²) in [7, 11) is 0. The number of hydrogen-bond acceptors (Lipinski definition) is 4. The molecule has 0 saturated carbocycles. The van der Waals surface area contributed by atoms with Crippen LogP contribution >= 0.6 is 11.3 Å². The molecule has 0 saturated heterocycles. The van der Waals surface area contributed by atoms with Crippen molar-refractivity contribution < 1.29 is 27.5 Å². The minimum Gasteiger partial charge on any atom is -0.462 e. The summed E-state index contributed by atoms with van der Waals surface area (Å²) in [6, 6.07) is 0. The molecule has 0 radical (unpaired) electrons. The van der Waals surface area contributed by atoms with E-state index in [1.54, 1.807) is 6.92 Å². The van der Waals surface area contributed by atoms with Crippen molar-refractivity contribution in [2.24, 2.45) is 5.92 Å². The van der Waals surface area contributed by atoms with Gasteiger partial charge in [-0.25, -0.2) is 4.79 Å². The number of fused-ring (bicyclic) bond motifs is 1. The van der Waals surface area contributed by atoms with Gasteiger partial charge in [0.1, 0.15) is 5.00 Å². The molecule has 1 amide bonds. The van der Waals surface area contributed by atoms with Crippen LogP contribution in [0.5, 0.6) is 0 Å². The fourth-order valence-electron chi connectivity index (χ4n) is 2.43. The smallest absolute Gasteiger partial charge is 0.462 e. The van der Waals surface area contributed by atoms with Gasteiger partial charge in [-0.2, -0.15) is 13.2 Å². The maximum Gasteiger partial charge on any atom is 0.471 e. The number of ether oxygens (including phenoxy) is 1. The molecular weight excluding hydrogens is 319 g/mol. The van der Waals surface area contributed by atoms with Crippen LogP contribution < -0.4 is 5.32 Å². The van der Waals surface area contributed by atoms with Gasteiger partial charge in [0.25, 0.3) is 0 Å². The molecule has 22 heavy (non-hydrogen) atoms. The lowest BCUT2D eigenvalue weighted by atomic mass is 9.88. The number of halogens is 3. The summed E-state index contributed by atoms with van der Waals surface area (Å²) in [5, 5.41) is 1.75. The fourth-order valence-corrected chi connectivity index (χ4v) is 3.83. The lowest BCUT2D eigenvalue weighted by Crippen LogP contribution is -2.30. The van der Waals surface area contributed by atoms with E-state index in [1.165, 1.54) is 0 Å². The van der Waals surface area contributed by atoms with Gasteiger partial charge in [-0.1, -0.05) is 6.92 Å². The zero-order valence-corrected chi connectivity index (χ0v) is 13.0. The predicted molar refractivity (Wildman–Crippen MR) is 76.1 cm³/mol. The molecule has 2 rings (SSSR count). The van der Waals surface area contributed by atoms with E-state index in [0.717, 1.165) is 22.6 Å². The zero-order valence-electron chi connectivity index (χ0n) is 12.2. The SMILES string of the molecule is CCOC(=O)c1c(NC(=O)C(F)(F)F)sc2c1CCC(C)C2. The average molecular weight is 335 g/mol. The molecule has 1 aliphatic rings. The highest BCUT2D eigenvalue weighted by molar-refractivity contribution is 7.17. The number of esters is 1. The first kappa shape index (κ1) is 16.8. The minimum atomic E-state index is -5.00. The third-order valence-corrected chi connectivity index (χ3v) is 4.65. The molecule has 1 heterocycles. The van der Waals surface area contributed by atoms with Crippen LogP contribution in [0.1, 0.15) is 41.1 Å². The predicted octanol–water partition coefficient (Wildman–Crippen LogP) is 3.55. The largest absolute Gasteiger partial charge is 0.471 e. The van der Waals surface area contributed by atoms with Gasteiger partial charge in [0, 0.05) is 4.88 Å². The first-order valence-electron chi connectivity index (χ1n) is 6.93. The summed E-state index contributed by atoms with van der Waals surface area (Å²) in [6.07, 6.45) is -2.86. The normalized spacial score (nSPS) is 17.8. The van der Waals surface area contributed by atoms with Crippen molar-refractivity contribution in [1.82, 2.24) is 0 Å². The molecule has 4 nitrogen and oxygen atoms in total. The van der Waals surface area contributed by atoms with Crippen LogP contribution in [0.4, 0.5) is 18.2 Å². The standard InChI is InChI=1S/C14H16F3NO3S/c1-3-21-12(19)10-8-5-4-7(2)6-9(8)22-11(10)18-13(20)14(15,16)17/h7H,3-6H2,1-2H3,(H,18,20). The quantitative estimate of drug-likeness (QED) is 0.860. The summed E-state index contributed by atoms with van der Waals surface area (Å²) in [5.41, 5.74) is 0.783. The topological polar surface area (TPSA) is 55.4 Å². The molecule has 1 atom stereocenters.